The van der Waals surface area contributed by atoms with E-state index < -0.39 is 0 Å². The van der Waals surface area contributed by atoms with Crippen molar-refractivity contribution in [2.45, 2.75) is 0 Å². The quantitative estimate of drug-likeness (QED) is 0.411. The molecule has 4 heteroatoms. The number of rotatable bonds is 1. The first-order valence-corrected chi connectivity index (χ1v) is 2.89. The fraction of sp³-hybridized carbons (Fsp3) is 0.200. The summed E-state index contributed by atoms with van der Waals surface area (Å²) in [5.41, 5.74) is 0.335. The number of hydrogen-bond donors (Lipinski definition) is 1. The number of halogens is 1. The van der Waals surface area contributed by atoms with Crippen LogP contribution in [0.25, 0.3) is 0 Å². The predicted octanol–water partition coefficient (Wildman–Crippen LogP) is -0.192. The van der Waals surface area contributed by atoms with E-state index in [9.17, 15) is 9.59 Å². The molecule has 9 heavy (non-hydrogen) atoms. The topological polar surface area (TPSA) is 46.2 Å². The van der Waals surface area contributed by atoms with Crippen molar-refractivity contribution in [2.75, 3.05) is 5.88 Å². The van der Waals surface area contributed by atoms with E-state index in [1.807, 2.05) is 0 Å². The molecule has 1 aliphatic rings. The van der Waals surface area contributed by atoms with Crippen LogP contribution < -0.4 is 5.32 Å². The first kappa shape index (κ1) is 6.29. The van der Waals surface area contributed by atoms with Gasteiger partial charge in [-0.05, 0) is 0 Å². The second-order valence-corrected chi connectivity index (χ2v) is 1.89. The van der Waals surface area contributed by atoms with Gasteiger partial charge >= 0.3 is 0 Å². The average Bonchev–Trinajstić information content (AvgIpc) is 2.10. The molecule has 0 atom stereocenters. The SMILES string of the molecule is O=C1C=C(CCl)C(=O)N1. The van der Waals surface area contributed by atoms with Gasteiger partial charge in [0, 0.05) is 11.6 Å². The van der Waals surface area contributed by atoms with Gasteiger partial charge in [-0.15, -0.1) is 11.6 Å². The maximum absolute atomic E-state index is 10.5. The van der Waals surface area contributed by atoms with Crippen molar-refractivity contribution in [3.05, 3.63) is 11.6 Å². The van der Waals surface area contributed by atoms with E-state index in [2.05, 4.69) is 5.32 Å². The van der Waals surface area contributed by atoms with Gasteiger partial charge in [0.2, 0.25) is 0 Å². The molecule has 2 amide bonds. The standard InChI is InChI=1S/C5H4ClNO2/c6-2-3-1-4(8)7-5(3)9/h1H,2H2,(H,7,8,9). The van der Waals surface area contributed by atoms with Gasteiger partial charge < -0.3 is 0 Å². The molecule has 0 unspecified atom stereocenters. The highest BCUT2D eigenvalue weighted by Gasteiger charge is 2.18. The Bertz CT molecular complexity index is 197. The molecule has 0 aromatic rings. The Morgan fingerprint density at radius 3 is 2.44 bits per heavy atom. The van der Waals surface area contributed by atoms with E-state index in [1.165, 1.54) is 6.08 Å². The van der Waals surface area contributed by atoms with Crippen LogP contribution in [0.3, 0.4) is 0 Å². The summed E-state index contributed by atoms with van der Waals surface area (Å²) in [6.45, 7) is 0. The number of nitrogens with one attached hydrogen (secondary N) is 1. The first-order chi connectivity index (χ1) is 4.24. The van der Waals surface area contributed by atoms with E-state index >= 15 is 0 Å². The van der Waals surface area contributed by atoms with Gasteiger partial charge in [-0.1, -0.05) is 0 Å². The Labute approximate surface area is 56.7 Å². The molecule has 1 heterocycles. The summed E-state index contributed by atoms with van der Waals surface area (Å²) >= 11 is 5.29. The summed E-state index contributed by atoms with van der Waals surface area (Å²) in [7, 11) is 0. The van der Waals surface area contributed by atoms with E-state index in [-0.39, 0.29) is 17.7 Å². The lowest BCUT2D eigenvalue weighted by atomic mass is 10.3. The van der Waals surface area contributed by atoms with Gasteiger partial charge in [-0.3, -0.25) is 14.9 Å². The fourth-order valence-corrected chi connectivity index (χ4v) is 0.750. The number of amides is 2. The zero-order chi connectivity index (χ0) is 6.85. The van der Waals surface area contributed by atoms with E-state index in [0.29, 0.717) is 5.57 Å². The zero-order valence-electron chi connectivity index (χ0n) is 4.48. The summed E-state index contributed by atoms with van der Waals surface area (Å²) in [4.78, 5) is 20.9. The minimum atomic E-state index is -0.380. The molecule has 0 aromatic heterocycles. The minimum Gasteiger partial charge on any atom is -0.289 e. The smallest absolute Gasteiger partial charge is 0.255 e. The Balaban J connectivity index is 2.80. The van der Waals surface area contributed by atoms with Crippen LogP contribution in [0.1, 0.15) is 0 Å². The lowest BCUT2D eigenvalue weighted by molar-refractivity contribution is -0.123. The van der Waals surface area contributed by atoms with Crippen molar-refractivity contribution in [1.29, 1.82) is 0 Å². The van der Waals surface area contributed by atoms with Crippen LogP contribution >= 0.6 is 11.6 Å². The van der Waals surface area contributed by atoms with Crippen LogP contribution in [-0.4, -0.2) is 17.7 Å². The van der Waals surface area contributed by atoms with Gasteiger partial charge in [0.25, 0.3) is 11.8 Å². The second-order valence-electron chi connectivity index (χ2n) is 1.62. The summed E-state index contributed by atoms with van der Waals surface area (Å²) in [5, 5.41) is 2.06. The lowest BCUT2D eigenvalue weighted by Crippen LogP contribution is -2.22. The molecule has 0 saturated heterocycles. The average molecular weight is 146 g/mol. The Morgan fingerprint density at radius 2 is 2.22 bits per heavy atom. The number of hydrogen-bond acceptors (Lipinski definition) is 2. The highest BCUT2D eigenvalue weighted by Crippen LogP contribution is 2.02. The number of imide groups is 1. The highest BCUT2D eigenvalue weighted by molar-refractivity contribution is 6.26. The zero-order valence-corrected chi connectivity index (χ0v) is 5.23. The number of alkyl halides is 1. The van der Waals surface area contributed by atoms with Crippen molar-refractivity contribution in [2.24, 2.45) is 0 Å². The highest BCUT2D eigenvalue weighted by atomic mass is 35.5. The van der Waals surface area contributed by atoms with E-state index in [4.69, 9.17) is 11.6 Å². The van der Waals surface area contributed by atoms with Crippen molar-refractivity contribution >= 4 is 23.4 Å². The predicted molar refractivity (Wildman–Crippen MR) is 32.0 cm³/mol. The molecule has 0 aliphatic carbocycles. The molecule has 0 aromatic carbocycles. The Morgan fingerprint density at radius 1 is 1.56 bits per heavy atom. The number of carbonyl (C=O) groups is 2. The van der Waals surface area contributed by atoms with Gasteiger partial charge in [0.15, 0.2) is 0 Å². The third-order valence-electron chi connectivity index (χ3n) is 0.978. The molecular weight excluding hydrogens is 142 g/mol. The minimum absolute atomic E-state index is 0.0948. The molecule has 1 aliphatic heterocycles. The largest absolute Gasteiger partial charge is 0.289 e. The van der Waals surface area contributed by atoms with Gasteiger partial charge in [0.1, 0.15) is 0 Å². The van der Waals surface area contributed by atoms with Crippen LogP contribution in [0.5, 0.6) is 0 Å². The maximum atomic E-state index is 10.5. The maximum Gasteiger partial charge on any atom is 0.255 e. The van der Waals surface area contributed by atoms with Crippen LogP contribution in [0.2, 0.25) is 0 Å². The molecule has 0 radical (unpaired) electrons. The Hall–Kier alpha value is -0.830. The molecule has 0 bridgehead atoms. The third kappa shape index (κ3) is 1.10. The second kappa shape index (κ2) is 2.19. The van der Waals surface area contributed by atoms with Gasteiger partial charge in [0.05, 0.1) is 5.88 Å². The summed E-state index contributed by atoms with van der Waals surface area (Å²) in [6, 6.07) is 0. The van der Waals surface area contributed by atoms with Crippen LogP contribution in [0.4, 0.5) is 0 Å². The monoisotopic (exact) mass is 145 g/mol. The van der Waals surface area contributed by atoms with E-state index in [1.54, 1.807) is 0 Å². The van der Waals surface area contributed by atoms with Gasteiger partial charge in [-0.25, -0.2) is 0 Å². The molecule has 48 valence electrons. The molecular formula is C5H4ClNO2. The molecule has 0 fully saturated rings. The Kier molecular flexibility index (Phi) is 1.53. The molecule has 1 rings (SSSR count). The number of carbonyl (C=O) groups excluding carboxylic acids is 2. The first-order valence-electron chi connectivity index (χ1n) is 2.36. The summed E-state index contributed by atoms with van der Waals surface area (Å²) < 4.78 is 0. The summed E-state index contributed by atoms with van der Waals surface area (Å²) in [6.07, 6.45) is 1.20. The van der Waals surface area contributed by atoms with Crippen LogP contribution in [-0.2, 0) is 9.59 Å². The van der Waals surface area contributed by atoms with Crippen molar-refractivity contribution in [3.8, 4) is 0 Å². The lowest BCUT2D eigenvalue weighted by Gasteiger charge is -1.88. The molecule has 1 N–H and O–H groups in total. The normalized spacial score (nSPS) is 17.7. The molecule has 0 saturated carbocycles. The molecule has 0 spiro atoms. The third-order valence-corrected chi connectivity index (χ3v) is 1.27. The molecule has 3 nitrogen and oxygen atoms in total. The van der Waals surface area contributed by atoms with Gasteiger partial charge in [-0.2, -0.15) is 0 Å². The fourth-order valence-electron chi connectivity index (χ4n) is 0.551. The van der Waals surface area contributed by atoms with Crippen molar-refractivity contribution in [3.63, 3.8) is 0 Å². The van der Waals surface area contributed by atoms with Crippen LogP contribution in [0, 0.1) is 0 Å². The van der Waals surface area contributed by atoms with Crippen LogP contribution in [0.15, 0.2) is 11.6 Å². The van der Waals surface area contributed by atoms with Crippen molar-refractivity contribution < 1.29 is 9.59 Å². The van der Waals surface area contributed by atoms with E-state index in [0.717, 1.165) is 0 Å². The van der Waals surface area contributed by atoms with Crippen molar-refractivity contribution in [1.82, 2.24) is 5.32 Å². The summed E-state index contributed by atoms with van der Waals surface area (Å²) in [5.74, 6) is -0.664.